The molecule has 2 heterocycles. The predicted molar refractivity (Wildman–Crippen MR) is 89.6 cm³/mol. The summed E-state index contributed by atoms with van der Waals surface area (Å²) < 4.78 is 28.1. The maximum Gasteiger partial charge on any atom is 0.242 e. The van der Waals surface area contributed by atoms with Gasteiger partial charge >= 0.3 is 0 Å². The highest BCUT2D eigenvalue weighted by molar-refractivity contribution is 7.89. The Morgan fingerprint density at radius 2 is 2.00 bits per heavy atom. The fraction of sp³-hybridized carbons (Fsp3) is 0.429. The maximum absolute atomic E-state index is 12.7. The van der Waals surface area contributed by atoms with E-state index in [2.05, 4.69) is 10.0 Å². The summed E-state index contributed by atoms with van der Waals surface area (Å²) in [5, 5.41) is 4.91. The Morgan fingerprint density at radius 1 is 1.29 bits per heavy atom. The molecule has 1 atom stereocenters. The third kappa shape index (κ3) is 3.73. The first-order chi connectivity index (χ1) is 9.85. The molecule has 1 unspecified atom stereocenters. The largest absolute Gasteiger partial charge is 0.315 e. The summed E-state index contributed by atoms with van der Waals surface area (Å²) in [6.07, 6.45) is 0. The third-order valence-electron chi connectivity index (χ3n) is 3.12. The van der Waals surface area contributed by atoms with E-state index < -0.39 is 10.0 Å². The molecule has 116 valence electrons. The van der Waals surface area contributed by atoms with Crippen molar-refractivity contribution in [2.75, 3.05) is 7.05 Å². The van der Waals surface area contributed by atoms with Gasteiger partial charge < -0.3 is 5.32 Å². The van der Waals surface area contributed by atoms with Crippen LogP contribution >= 0.6 is 22.7 Å². The quantitative estimate of drug-likeness (QED) is 0.846. The van der Waals surface area contributed by atoms with Gasteiger partial charge in [-0.05, 0) is 50.9 Å². The number of hydrogen-bond donors (Lipinski definition) is 2. The van der Waals surface area contributed by atoms with Crippen LogP contribution in [-0.4, -0.2) is 15.5 Å². The summed E-state index contributed by atoms with van der Waals surface area (Å²) in [5.74, 6) is 0. The number of thiophene rings is 2. The summed E-state index contributed by atoms with van der Waals surface area (Å²) in [4.78, 5) is 3.47. The molecule has 2 aromatic rings. The molecule has 0 aliphatic rings. The van der Waals surface area contributed by atoms with Gasteiger partial charge in [-0.2, -0.15) is 0 Å². The van der Waals surface area contributed by atoms with Gasteiger partial charge in [0, 0.05) is 21.2 Å². The van der Waals surface area contributed by atoms with Crippen molar-refractivity contribution in [1.82, 2.24) is 10.0 Å². The summed E-state index contributed by atoms with van der Waals surface area (Å²) in [6, 6.07) is 3.75. The van der Waals surface area contributed by atoms with E-state index in [9.17, 15) is 8.42 Å². The molecule has 0 saturated heterocycles. The first kappa shape index (κ1) is 16.6. The maximum atomic E-state index is 12.7. The molecule has 2 N–H and O–H groups in total. The van der Waals surface area contributed by atoms with Crippen molar-refractivity contribution in [2.24, 2.45) is 0 Å². The second kappa shape index (κ2) is 6.58. The van der Waals surface area contributed by atoms with Gasteiger partial charge in [0.15, 0.2) is 0 Å². The molecule has 2 rings (SSSR count). The molecule has 0 bridgehead atoms. The molecule has 0 fully saturated rings. The van der Waals surface area contributed by atoms with E-state index in [1.165, 1.54) is 16.2 Å². The van der Waals surface area contributed by atoms with E-state index in [-0.39, 0.29) is 6.04 Å². The zero-order valence-electron chi connectivity index (χ0n) is 12.6. The third-order valence-corrected chi connectivity index (χ3v) is 7.30. The van der Waals surface area contributed by atoms with Gasteiger partial charge in [0.1, 0.15) is 4.90 Å². The van der Waals surface area contributed by atoms with Crippen molar-refractivity contribution in [3.63, 3.8) is 0 Å². The van der Waals surface area contributed by atoms with E-state index in [0.717, 1.165) is 15.3 Å². The number of nitrogens with one attached hydrogen (secondary N) is 2. The summed E-state index contributed by atoms with van der Waals surface area (Å²) in [5.41, 5.74) is 0.798. The van der Waals surface area contributed by atoms with Gasteiger partial charge in [0.2, 0.25) is 10.0 Å². The molecule has 21 heavy (non-hydrogen) atoms. The van der Waals surface area contributed by atoms with Crippen molar-refractivity contribution in [3.8, 4) is 0 Å². The van der Waals surface area contributed by atoms with Crippen LogP contribution in [0.4, 0.5) is 0 Å². The molecule has 4 nitrogen and oxygen atoms in total. The molecule has 0 amide bonds. The summed E-state index contributed by atoms with van der Waals surface area (Å²) in [6.45, 7) is 6.29. The van der Waals surface area contributed by atoms with Gasteiger partial charge in [-0.3, -0.25) is 0 Å². The predicted octanol–water partition coefficient (Wildman–Crippen LogP) is 3.19. The van der Waals surface area contributed by atoms with Crippen LogP contribution in [0.3, 0.4) is 0 Å². The topological polar surface area (TPSA) is 58.2 Å². The van der Waals surface area contributed by atoms with E-state index in [4.69, 9.17) is 0 Å². The zero-order valence-corrected chi connectivity index (χ0v) is 15.0. The van der Waals surface area contributed by atoms with Crippen molar-refractivity contribution in [1.29, 1.82) is 0 Å². The number of hydrogen-bond acceptors (Lipinski definition) is 5. The van der Waals surface area contributed by atoms with Crippen molar-refractivity contribution in [3.05, 3.63) is 37.7 Å². The van der Waals surface area contributed by atoms with E-state index in [1.54, 1.807) is 11.3 Å². The van der Waals surface area contributed by atoms with Crippen LogP contribution < -0.4 is 10.0 Å². The lowest BCUT2D eigenvalue weighted by molar-refractivity contribution is 0.567. The van der Waals surface area contributed by atoms with Crippen molar-refractivity contribution in [2.45, 2.75) is 38.3 Å². The van der Waals surface area contributed by atoms with Gasteiger partial charge in [0.25, 0.3) is 0 Å². The Balaban J connectivity index is 2.28. The van der Waals surface area contributed by atoms with Crippen LogP contribution in [0.5, 0.6) is 0 Å². The molecule has 7 heteroatoms. The molecule has 0 radical (unpaired) electrons. The molecule has 0 aromatic carbocycles. The minimum atomic E-state index is -3.51. The lowest BCUT2D eigenvalue weighted by Gasteiger charge is -2.14. The van der Waals surface area contributed by atoms with Crippen LogP contribution in [0.1, 0.15) is 33.2 Å². The van der Waals surface area contributed by atoms with Crippen LogP contribution in [0, 0.1) is 13.8 Å². The lowest BCUT2D eigenvalue weighted by atomic mass is 10.3. The molecular weight excluding hydrogens is 324 g/mol. The van der Waals surface area contributed by atoms with E-state index in [1.807, 2.05) is 45.3 Å². The number of aryl methyl sites for hydroxylation is 2. The van der Waals surface area contributed by atoms with E-state index in [0.29, 0.717) is 11.4 Å². The van der Waals surface area contributed by atoms with Gasteiger partial charge in [-0.15, -0.1) is 22.7 Å². The standard InChI is InChI=1S/C14H20N2O2S3/c1-9-8-19-13(7-15-4)14(9)21(17,18)16-11(3)12-6-5-10(2)20-12/h5-6,8,11,15-16H,7H2,1-4H3. The van der Waals surface area contributed by atoms with Crippen LogP contribution in [0.2, 0.25) is 0 Å². The highest BCUT2D eigenvalue weighted by Gasteiger charge is 2.25. The zero-order chi connectivity index (χ0) is 15.6. The highest BCUT2D eigenvalue weighted by atomic mass is 32.2. The van der Waals surface area contributed by atoms with Gasteiger partial charge in [-0.25, -0.2) is 13.1 Å². The monoisotopic (exact) mass is 344 g/mol. The smallest absolute Gasteiger partial charge is 0.242 e. The summed E-state index contributed by atoms with van der Waals surface area (Å²) >= 11 is 3.09. The number of sulfonamides is 1. The molecule has 0 aliphatic heterocycles. The van der Waals surface area contributed by atoms with Crippen LogP contribution in [0.25, 0.3) is 0 Å². The Hall–Kier alpha value is -0.730. The first-order valence-electron chi connectivity index (χ1n) is 6.65. The van der Waals surface area contributed by atoms with Crippen LogP contribution in [-0.2, 0) is 16.6 Å². The molecule has 2 aromatic heterocycles. The van der Waals surface area contributed by atoms with Crippen LogP contribution in [0.15, 0.2) is 22.4 Å². The Morgan fingerprint density at radius 3 is 2.57 bits per heavy atom. The molecule has 0 aliphatic carbocycles. The molecule has 0 spiro atoms. The Labute approximate surface area is 134 Å². The molecular formula is C14H20N2O2S3. The van der Waals surface area contributed by atoms with Gasteiger partial charge in [0.05, 0.1) is 6.04 Å². The fourth-order valence-corrected chi connectivity index (χ4v) is 6.17. The van der Waals surface area contributed by atoms with E-state index >= 15 is 0 Å². The lowest BCUT2D eigenvalue weighted by Crippen LogP contribution is -2.27. The Bertz CT molecular complexity index is 716. The average Bonchev–Trinajstić information content (AvgIpc) is 2.96. The minimum absolute atomic E-state index is 0.226. The summed E-state index contributed by atoms with van der Waals surface area (Å²) in [7, 11) is -1.70. The Kier molecular flexibility index (Phi) is 5.21. The fourth-order valence-electron chi connectivity index (χ4n) is 2.17. The number of rotatable bonds is 6. The SMILES string of the molecule is CNCc1scc(C)c1S(=O)(=O)NC(C)c1ccc(C)s1. The second-order valence-electron chi connectivity index (χ2n) is 4.99. The average molecular weight is 345 g/mol. The van der Waals surface area contributed by atoms with Gasteiger partial charge in [-0.1, -0.05) is 0 Å². The minimum Gasteiger partial charge on any atom is -0.315 e. The molecule has 0 saturated carbocycles. The second-order valence-corrected chi connectivity index (χ2v) is 8.93. The first-order valence-corrected chi connectivity index (χ1v) is 9.83. The highest BCUT2D eigenvalue weighted by Crippen LogP contribution is 2.29. The van der Waals surface area contributed by atoms with Crippen molar-refractivity contribution < 1.29 is 8.42 Å². The van der Waals surface area contributed by atoms with Crippen molar-refractivity contribution >= 4 is 32.7 Å². The normalized spacial score (nSPS) is 13.5.